The molecule has 0 saturated heterocycles. The van der Waals surface area contributed by atoms with Gasteiger partial charge in [0.1, 0.15) is 23.9 Å². The molecule has 0 spiro atoms. The average molecular weight is 251 g/mol. The Morgan fingerprint density at radius 2 is 2.05 bits per heavy atom. The molecule has 0 bridgehead atoms. The van der Waals surface area contributed by atoms with Crippen molar-refractivity contribution in [2.75, 3.05) is 6.61 Å². The van der Waals surface area contributed by atoms with E-state index in [9.17, 15) is 0 Å². The highest BCUT2D eigenvalue weighted by Gasteiger charge is 2.18. The second-order valence-electron chi connectivity index (χ2n) is 3.87. The van der Waals surface area contributed by atoms with Gasteiger partial charge in [0.15, 0.2) is 11.6 Å². The van der Waals surface area contributed by atoms with E-state index < -0.39 is 0 Å². The topological polar surface area (TPSA) is 68.0 Å². The molecule has 0 atom stereocenters. The molecule has 0 amide bonds. The fraction of sp³-hybridized carbons (Fsp3) is 0.0714. The van der Waals surface area contributed by atoms with Gasteiger partial charge in [-0.25, -0.2) is 9.97 Å². The zero-order valence-corrected chi connectivity index (χ0v) is 9.91. The fourth-order valence-corrected chi connectivity index (χ4v) is 1.76. The molecule has 0 unspecified atom stereocenters. The van der Waals surface area contributed by atoms with E-state index in [1.165, 1.54) is 6.20 Å². The zero-order chi connectivity index (χ0) is 13.1. The third kappa shape index (κ3) is 2.17. The summed E-state index contributed by atoms with van der Waals surface area (Å²) in [4.78, 5) is 18.4. The second kappa shape index (κ2) is 4.88. The minimum absolute atomic E-state index is 0.352. The molecule has 19 heavy (non-hydrogen) atoms. The zero-order valence-electron chi connectivity index (χ0n) is 9.91. The van der Waals surface area contributed by atoms with Crippen molar-refractivity contribution < 1.29 is 9.78 Å². The Morgan fingerprint density at radius 3 is 2.74 bits per heavy atom. The summed E-state index contributed by atoms with van der Waals surface area (Å²) >= 11 is 0. The van der Waals surface area contributed by atoms with Gasteiger partial charge in [-0.2, -0.15) is 10.1 Å². The summed E-state index contributed by atoms with van der Waals surface area (Å²) in [5.74, 6) is 1.00. The summed E-state index contributed by atoms with van der Waals surface area (Å²) in [7, 11) is 0. The smallest absolute Gasteiger partial charge is 0.190 e. The summed E-state index contributed by atoms with van der Waals surface area (Å²) < 4.78 is 0. The van der Waals surface area contributed by atoms with Gasteiger partial charge < -0.3 is 4.89 Å². The molecule has 2 aromatic rings. The first-order chi connectivity index (χ1) is 9.38. The Balaban J connectivity index is 2.10. The average Bonchev–Trinajstić information content (AvgIpc) is 3.01. The molecule has 1 aliphatic rings. The van der Waals surface area contributed by atoms with Crippen molar-refractivity contribution in [1.82, 2.24) is 9.97 Å². The molecular formula is C14H9N3O2. The van der Waals surface area contributed by atoms with E-state index >= 15 is 0 Å². The van der Waals surface area contributed by atoms with E-state index in [1.807, 2.05) is 36.4 Å². The number of rotatable bonds is 2. The maximum absolute atomic E-state index is 9.09. The molecule has 0 aliphatic carbocycles. The van der Waals surface area contributed by atoms with E-state index in [1.54, 1.807) is 6.08 Å². The molecule has 0 N–H and O–H groups in total. The highest BCUT2D eigenvalue weighted by atomic mass is 17.2. The van der Waals surface area contributed by atoms with Gasteiger partial charge in [0.25, 0.3) is 0 Å². The van der Waals surface area contributed by atoms with E-state index in [2.05, 4.69) is 9.97 Å². The maximum atomic E-state index is 9.09. The Morgan fingerprint density at radius 1 is 1.21 bits per heavy atom. The fourth-order valence-electron chi connectivity index (χ4n) is 1.76. The third-order valence-corrected chi connectivity index (χ3v) is 2.66. The van der Waals surface area contributed by atoms with Gasteiger partial charge in [-0.1, -0.05) is 30.3 Å². The van der Waals surface area contributed by atoms with Crippen LogP contribution < -0.4 is 0 Å². The largest absolute Gasteiger partial charge is 0.335 e. The normalized spacial score (nSPS) is 13.5. The summed E-state index contributed by atoms with van der Waals surface area (Å²) in [6, 6.07) is 11.6. The van der Waals surface area contributed by atoms with Crippen LogP contribution in [0.5, 0.6) is 0 Å². The molecule has 1 aromatic heterocycles. The van der Waals surface area contributed by atoms with Crippen LogP contribution in [0.1, 0.15) is 11.3 Å². The van der Waals surface area contributed by atoms with Crippen LogP contribution in [0.3, 0.4) is 0 Å². The van der Waals surface area contributed by atoms with Crippen molar-refractivity contribution >= 4 is 5.76 Å². The molecular weight excluding hydrogens is 242 g/mol. The summed E-state index contributed by atoms with van der Waals surface area (Å²) in [6.07, 6.45) is 3.23. The molecule has 1 aliphatic heterocycles. The van der Waals surface area contributed by atoms with Crippen LogP contribution in [-0.4, -0.2) is 16.6 Å². The highest BCUT2D eigenvalue weighted by molar-refractivity contribution is 5.65. The lowest BCUT2D eigenvalue weighted by molar-refractivity contribution is -0.209. The summed E-state index contributed by atoms with van der Waals surface area (Å²) in [5.41, 5.74) is 1.69. The molecule has 92 valence electrons. The van der Waals surface area contributed by atoms with Gasteiger partial charge in [0, 0.05) is 11.8 Å². The van der Waals surface area contributed by atoms with E-state index in [0.717, 1.165) is 5.56 Å². The molecule has 0 saturated carbocycles. The van der Waals surface area contributed by atoms with Crippen LogP contribution in [0, 0.1) is 11.3 Å². The Hall–Kier alpha value is -2.71. The molecule has 5 nitrogen and oxygen atoms in total. The third-order valence-electron chi connectivity index (χ3n) is 2.66. The first-order valence-electron chi connectivity index (χ1n) is 5.71. The number of hydrogen-bond donors (Lipinski definition) is 0. The van der Waals surface area contributed by atoms with Crippen LogP contribution in [0.15, 0.2) is 42.6 Å². The Bertz CT molecular complexity index is 675. The van der Waals surface area contributed by atoms with E-state index in [4.69, 9.17) is 15.0 Å². The van der Waals surface area contributed by atoms with Crippen molar-refractivity contribution in [2.24, 2.45) is 0 Å². The van der Waals surface area contributed by atoms with Crippen LogP contribution in [0.4, 0.5) is 0 Å². The Kier molecular flexibility index (Phi) is 2.93. The van der Waals surface area contributed by atoms with Crippen LogP contribution in [-0.2, 0) is 9.78 Å². The Labute approximate surface area is 109 Å². The standard InChI is InChI=1S/C14H9N3O2/c15-8-11-9-16-14(10-4-2-1-3-5-10)17-13(11)12-6-7-18-19-12/h1-6,9H,7H2. The van der Waals surface area contributed by atoms with Crippen molar-refractivity contribution in [1.29, 1.82) is 5.26 Å². The minimum atomic E-state index is 0.352. The molecule has 1 aromatic carbocycles. The number of hydrogen-bond acceptors (Lipinski definition) is 5. The van der Waals surface area contributed by atoms with Crippen LogP contribution >= 0.6 is 0 Å². The van der Waals surface area contributed by atoms with Gasteiger partial charge >= 0.3 is 0 Å². The lowest BCUT2D eigenvalue weighted by Crippen LogP contribution is -1.99. The monoisotopic (exact) mass is 251 g/mol. The van der Waals surface area contributed by atoms with Gasteiger partial charge in [-0.3, -0.25) is 0 Å². The first kappa shape index (κ1) is 11.4. The van der Waals surface area contributed by atoms with Crippen molar-refractivity contribution in [3.63, 3.8) is 0 Å². The van der Waals surface area contributed by atoms with E-state index in [0.29, 0.717) is 29.4 Å². The van der Waals surface area contributed by atoms with Gasteiger partial charge in [0.05, 0.1) is 0 Å². The molecule has 5 heteroatoms. The number of aromatic nitrogens is 2. The SMILES string of the molecule is N#Cc1cnc(-c2ccccc2)nc1C1=CCOO1. The van der Waals surface area contributed by atoms with Gasteiger partial charge in [-0.05, 0) is 6.08 Å². The van der Waals surface area contributed by atoms with E-state index in [-0.39, 0.29) is 0 Å². The van der Waals surface area contributed by atoms with Crippen molar-refractivity contribution in [2.45, 2.75) is 0 Å². The predicted molar refractivity (Wildman–Crippen MR) is 67.2 cm³/mol. The van der Waals surface area contributed by atoms with Crippen LogP contribution in [0.25, 0.3) is 17.1 Å². The molecule has 2 heterocycles. The first-order valence-corrected chi connectivity index (χ1v) is 5.71. The van der Waals surface area contributed by atoms with Crippen LogP contribution in [0.2, 0.25) is 0 Å². The van der Waals surface area contributed by atoms with Crippen molar-refractivity contribution in [3.05, 3.63) is 53.9 Å². The molecule has 0 fully saturated rings. The number of benzene rings is 1. The maximum Gasteiger partial charge on any atom is 0.190 e. The lowest BCUT2D eigenvalue weighted by Gasteiger charge is -2.05. The van der Waals surface area contributed by atoms with Gasteiger partial charge in [-0.15, -0.1) is 0 Å². The molecule has 3 rings (SSSR count). The molecule has 0 radical (unpaired) electrons. The second-order valence-corrected chi connectivity index (χ2v) is 3.87. The summed E-state index contributed by atoms with van der Waals surface area (Å²) in [6.45, 7) is 0.352. The highest BCUT2D eigenvalue weighted by Crippen LogP contribution is 2.24. The quantitative estimate of drug-likeness (QED) is 0.766. The minimum Gasteiger partial charge on any atom is -0.335 e. The van der Waals surface area contributed by atoms with Crippen molar-refractivity contribution in [3.8, 4) is 17.5 Å². The summed E-state index contributed by atoms with van der Waals surface area (Å²) in [5, 5.41) is 9.09. The number of nitriles is 1. The van der Waals surface area contributed by atoms with Gasteiger partial charge in [0.2, 0.25) is 0 Å². The number of nitrogens with zero attached hydrogens (tertiary/aromatic N) is 3. The predicted octanol–water partition coefficient (Wildman–Crippen LogP) is 2.32. The lowest BCUT2D eigenvalue weighted by atomic mass is 10.1.